The maximum absolute atomic E-state index is 12.9. The summed E-state index contributed by atoms with van der Waals surface area (Å²) in [5.41, 5.74) is 0.610. The fraction of sp³-hybridized carbons (Fsp3) is 0.304. The van der Waals surface area contributed by atoms with Gasteiger partial charge in [0, 0.05) is 44.1 Å². The average Bonchev–Trinajstić information content (AvgIpc) is 3.51. The number of benzene rings is 1. The van der Waals surface area contributed by atoms with Crippen LogP contribution in [0.15, 0.2) is 64.4 Å². The number of fused-ring (bicyclic) bond motifs is 3. The lowest BCUT2D eigenvalue weighted by Gasteiger charge is -2.34. The number of hydrogen-bond donors (Lipinski definition) is 0. The fourth-order valence-electron chi connectivity index (χ4n) is 4.12. The summed E-state index contributed by atoms with van der Waals surface area (Å²) in [6.07, 6.45) is 1.67. The molecule has 0 unspecified atom stereocenters. The molecule has 0 saturated carbocycles. The first-order chi connectivity index (χ1) is 16.2. The van der Waals surface area contributed by atoms with E-state index in [9.17, 15) is 9.59 Å². The van der Waals surface area contributed by atoms with Crippen molar-refractivity contribution in [1.82, 2.24) is 29.0 Å². The second-order valence-corrected chi connectivity index (χ2v) is 9.84. The van der Waals surface area contributed by atoms with Crippen LogP contribution in [0.25, 0.3) is 16.7 Å². The van der Waals surface area contributed by atoms with Gasteiger partial charge >= 0.3 is 0 Å². The molecule has 1 fully saturated rings. The van der Waals surface area contributed by atoms with Gasteiger partial charge in [0.1, 0.15) is 0 Å². The molecule has 1 aliphatic rings. The number of allylic oxidation sites excluding steroid dienone is 1. The molecule has 1 saturated heterocycles. The Balaban J connectivity index is 1.30. The molecule has 0 atom stereocenters. The van der Waals surface area contributed by atoms with Crippen molar-refractivity contribution in [3.63, 3.8) is 0 Å². The summed E-state index contributed by atoms with van der Waals surface area (Å²) in [6, 6.07) is 11.6. The van der Waals surface area contributed by atoms with Crippen molar-refractivity contribution in [2.75, 3.05) is 31.9 Å². The highest BCUT2D eigenvalue weighted by Gasteiger charge is 2.23. The molecule has 4 aromatic rings. The van der Waals surface area contributed by atoms with Crippen LogP contribution in [0.2, 0.25) is 0 Å². The normalized spacial score (nSPS) is 14.8. The molecule has 0 bridgehead atoms. The minimum absolute atomic E-state index is 0.0937. The highest BCUT2D eigenvalue weighted by atomic mass is 32.2. The van der Waals surface area contributed by atoms with Gasteiger partial charge < -0.3 is 4.90 Å². The SMILES string of the molecule is C=CCn1c(=O)c2ccccc2n2c(SCC(=O)N3CCN(Cc4cccs4)CC3)nnc12. The van der Waals surface area contributed by atoms with Gasteiger partial charge in [0.25, 0.3) is 5.56 Å². The Hall–Kier alpha value is -2.95. The number of thiophene rings is 1. The average molecular weight is 481 g/mol. The highest BCUT2D eigenvalue weighted by Crippen LogP contribution is 2.22. The number of carbonyl (C=O) groups is 1. The number of carbonyl (C=O) groups excluding carboxylic acids is 1. The molecule has 33 heavy (non-hydrogen) atoms. The van der Waals surface area contributed by atoms with Crippen LogP contribution in [0.1, 0.15) is 4.88 Å². The summed E-state index contributed by atoms with van der Waals surface area (Å²) in [4.78, 5) is 31.5. The number of para-hydroxylation sites is 1. The zero-order valence-electron chi connectivity index (χ0n) is 18.1. The molecular formula is C23H24N6O2S2. The van der Waals surface area contributed by atoms with Gasteiger partial charge in [-0.15, -0.1) is 28.1 Å². The van der Waals surface area contributed by atoms with Crippen molar-refractivity contribution in [3.05, 3.63) is 69.7 Å². The van der Waals surface area contributed by atoms with E-state index in [2.05, 4.69) is 39.2 Å². The topological polar surface area (TPSA) is 75.7 Å². The molecule has 4 heterocycles. The molecular weight excluding hydrogens is 456 g/mol. The molecule has 3 aromatic heterocycles. The van der Waals surface area contributed by atoms with Crippen LogP contribution in [0.5, 0.6) is 0 Å². The van der Waals surface area contributed by atoms with Crippen LogP contribution in [0.4, 0.5) is 0 Å². The molecule has 5 rings (SSSR count). The molecule has 1 aliphatic heterocycles. The summed E-state index contributed by atoms with van der Waals surface area (Å²) in [5, 5.41) is 11.8. The van der Waals surface area contributed by atoms with Crippen LogP contribution in [-0.2, 0) is 17.9 Å². The van der Waals surface area contributed by atoms with Crippen molar-refractivity contribution in [2.45, 2.75) is 18.2 Å². The largest absolute Gasteiger partial charge is 0.339 e. The summed E-state index contributed by atoms with van der Waals surface area (Å²) in [6.45, 7) is 8.24. The van der Waals surface area contributed by atoms with E-state index in [0.29, 0.717) is 22.9 Å². The lowest BCUT2D eigenvalue weighted by Crippen LogP contribution is -2.48. The van der Waals surface area contributed by atoms with E-state index in [4.69, 9.17) is 0 Å². The van der Waals surface area contributed by atoms with Crippen molar-refractivity contribution in [3.8, 4) is 0 Å². The number of amides is 1. The molecule has 1 amide bonds. The fourth-order valence-corrected chi connectivity index (χ4v) is 5.71. The molecule has 1 aromatic carbocycles. The first kappa shape index (κ1) is 21.9. The van der Waals surface area contributed by atoms with Crippen molar-refractivity contribution >= 4 is 45.7 Å². The zero-order chi connectivity index (χ0) is 22.8. The molecule has 0 spiro atoms. The molecule has 10 heteroatoms. The Kier molecular flexibility index (Phi) is 6.30. The molecule has 8 nitrogen and oxygen atoms in total. The Morgan fingerprint density at radius 1 is 1.12 bits per heavy atom. The van der Waals surface area contributed by atoms with Crippen LogP contribution < -0.4 is 5.56 Å². The second-order valence-electron chi connectivity index (χ2n) is 7.86. The lowest BCUT2D eigenvalue weighted by molar-refractivity contribution is -0.130. The first-order valence-corrected chi connectivity index (χ1v) is 12.6. The maximum Gasteiger partial charge on any atom is 0.263 e. The van der Waals surface area contributed by atoms with Crippen LogP contribution in [0, 0.1) is 0 Å². The molecule has 0 N–H and O–H groups in total. The van der Waals surface area contributed by atoms with E-state index >= 15 is 0 Å². The van der Waals surface area contributed by atoms with Gasteiger partial charge in [-0.2, -0.15) is 0 Å². The molecule has 0 aliphatic carbocycles. The smallest absolute Gasteiger partial charge is 0.263 e. The van der Waals surface area contributed by atoms with Crippen LogP contribution >= 0.6 is 23.1 Å². The van der Waals surface area contributed by atoms with Crippen LogP contribution in [-0.4, -0.2) is 66.8 Å². The van der Waals surface area contributed by atoms with E-state index in [1.165, 1.54) is 16.6 Å². The third kappa shape index (κ3) is 4.33. The van der Waals surface area contributed by atoms with Gasteiger partial charge in [-0.3, -0.25) is 23.5 Å². The Labute approximate surface area is 199 Å². The number of aromatic nitrogens is 4. The number of thioether (sulfide) groups is 1. The molecule has 0 radical (unpaired) electrons. The monoisotopic (exact) mass is 480 g/mol. The first-order valence-electron chi connectivity index (χ1n) is 10.8. The Bertz CT molecular complexity index is 1350. The van der Waals surface area contributed by atoms with Gasteiger partial charge in [0.2, 0.25) is 11.7 Å². The predicted molar refractivity (Wildman–Crippen MR) is 132 cm³/mol. The van der Waals surface area contributed by atoms with E-state index in [1.54, 1.807) is 28.0 Å². The summed E-state index contributed by atoms with van der Waals surface area (Å²) >= 11 is 3.12. The van der Waals surface area contributed by atoms with Crippen molar-refractivity contribution in [1.29, 1.82) is 0 Å². The van der Waals surface area contributed by atoms with E-state index in [-0.39, 0.29) is 17.2 Å². The van der Waals surface area contributed by atoms with Gasteiger partial charge in [0.15, 0.2) is 5.16 Å². The van der Waals surface area contributed by atoms with Crippen molar-refractivity contribution in [2.24, 2.45) is 0 Å². The number of hydrogen-bond acceptors (Lipinski definition) is 7. The van der Waals surface area contributed by atoms with Gasteiger partial charge in [0.05, 0.1) is 16.7 Å². The Morgan fingerprint density at radius 3 is 2.70 bits per heavy atom. The minimum Gasteiger partial charge on any atom is -0.339 e. The van der Waals surface area contributed by atoms with E-state index < -0.39 is 0 Å². The van der Waals surface area contributed by atoms with E-state index in [1.807, 2.05) is 27.5 Å². The van der Waals surface area contributed by atoms with Gasteiger partial charge in [-0.25, -0.2) is 0 Å². The summed E-state index contributed by atoms with van der Waals surface area (Å²) in [7, 11) is 0. The summed E-state index contributed by atoms with van der Waals surface area (Å²) in [5.74, 6) is 0.827. The molecule has 170 valence electrons. The van der Waals surface area contributed by atoms with Gasteiger partial charge in [-0.1, -0.05) is 36.0 Å². The van der Waals surface area contributed by atoms with Gasteiger partial charge in [-0.05, 0) is 23.6 Å². The predicted octanol–water partition coefficient (Wildman–Crippen LogP) is 2.73. The number of nitrogens with zero attached hydrogens (tertiary/aromatic N) is 6. The minimum atomic E-state index is -0.126. The third-order valence-corrected chi connectivity index (χ3v) is 7.57. The standard InChI is InChI=1S/C23H24N6O2S2/c1-2-9-28-21(31)18-7-3-4-8-19(18)29-22(28)24-25-23(29)33-16-20(30)27-12-10-26(11-13-27)15-17-6-5-14-32-17/h2-8,14H,1,9-13,15-16H2. The van der Waals surface area contributed by atoms with Crippen molar-refractivity contribution < 1.29 is 4.79 Å². The van der Waals surface area contributed by atoms with Crippen LogP contribution in [0.3, 0.4) is 0 Å². The number of rotatable bonds is 7. The lowest BCUT2D eigenvalue weighted by atomic mass is 10.2. The number of piperazine rings is 1. The maximum atomic E-state index is 12.9. The quantitative estimate of drug-likeness (QED) is 0.299. The van der Waals surface area contributed by atoms with E-state index in [0.717, 1.165) is 38.2 Å². The highest BCUT2D eigenvalue weighted by molar-refractivity contribution is 7.99. The Morgan fingerprint density at radius 2 is 1.94 bits per heavy atom. The summed E-state index contributed by atoms with van der Waals surface area (Å²) < 4.78 is 3.41. The third-order valence-electron chi connectivity index (χ3n) is 5.80. The second kappa shape index (κ2) is 9.50. The zero-order valence-corrected chi connectivity index (χ0v) is 19.7.